The van der Waals surface area contributed by atoms with Crippen molar-refractivity contribution in [3.63, 3.8) is 0 Å². The van der Waals surface area contributed by atoms with Gasteiger partial charge in [0.15, 0.2) is 5.82 Å². The van der Waals surface area contributed by atoms with E-state index < -0.39 is 41.7 Å². The number of benzene rings is 4. The minimum Gasteiger partial charge on any atom is -0.508 e. The molecule has 4 saturated heterocycles. The standard InChI is InChI=1S/C47H41F3N6O6/c1-3-33-38(49)15-12-28-18-32(57)19-36(39(28)33)41-40(50)42-37(21-51-41)43(53-45(52-42)60-25-47-16-7-17-55(47)22-29(48)20-47)54-23-30-13-14-31(24-54)56(30)46(59)62-26(2)61-44(58)35-11-6-9-27-8-4-5-10-34(27)35/h1,4-6,8-12,15,18-19,21,26,29-31,57H,7,13-14,16-17,20,22-25H2,2H3/t26?,29-,30?,31?,47+/m1/s1. The highest BCUT2D eigenvalue weighted by atomic mass is 19.1. The van der Waals surface area contributed by atoms with Gasteiger partial charge in [-0.25, -0.2) is 22.8 Å². The van der Waals surface area contributed by atoms with E-state index in [2.05, 4.69) is 20.8 Å². The van der Waals surface area contributed by atoms with E-state index in [0.717, 1.165) is 30.2 Å². The van der Waals surface area contributed by atoms with Gasteiger partial charge in [-0.2, -0.15) is 9.97 Å². The van der Waals surface area contributed by atoms with E-state index in [1.807, 2.05) is 35.2 Å². The van der Waals surface area contributed by atoms with Gasteiger partial charge in [0.2, 0.25) is 6.29 Å². The van der Waals surface area contributed by atoms with Crippen LogP contribution >= 0.6 is 0 Å². The van der Waals surface area contributed by atoms with Crippen molar-refractivity contribution >= 4 is 50.3 Å². The molecule has 3 unspecified atom stereocenters. The number of nitrogens with zero attached hydrogens (tertiary/aromatic N) is 6. The van der Waals surface area contributed by atoms with E-state index in [9.17, 15) is 19.1 Å². The molecule has 4 aliphatic rings. The molecule has 6 heterocycles. The van der Waals surface area contributed by atoms with E-state index in [4.69, 9.17) is 25.6 Å². The number of phenolic OH excluding ortho intramolecular Hbond substituents is 1. The van der Waals surface area contributed by atoms with Gasteiger partial charge in [-0.1, -0.05) is 48.4 Å². The van der Waals surface area contributed by atoms with Crippen molar-refractivity contribution in [2.75, 3.05) is 37.7 Å². The molecule has 0 spiro atoms. The summed E-state index contributed by atoms with van der Waals surface area (Å²) in [5, 5.41) is 13.1. The molecule has 316 valence electrons. The van der Waals surface area contributed by atoms with Crippen LogP contribution in [0.1, 0.15) is 54.9 Å². The molecule has 4 aliphatic heterocycles. The second kappa shape index (κ2) is 15.4. The number of phenols is 1. The fraction of sp³-hybridized carbons (Fsp3) is 0.340. The van der Waals surface area contributed by atoms with Crippen LogP contribution in [0.2, 0.25) is 0 Å². The summed E-state index contributed by atoms with van der Waals surface area (Å²) in [7, 11) is 0. The summed E-state index contributed by atoms with van der Waals surface area (Å²) < 4.78 is 64.5. The monoisotopic (exact) mass is 842 g/mol. The number of fused-ring (bicyclic) bond motifs is 6. The molecule has 10 rings (SSSR count). The zero-order chi connectivity index (χ0) is 42.9. The molecule has 0 saturated carbocycles. The van der Waals surface area contributed by atoms with E-state index in [1.165, 1.54) is 37.4 Å². The minimum atomic E-state index is -1.18. The van der Waals surface area contributed by atoms with Crippen molar-refractivity contribution in [1.82, 2.24) is 24.8 Å². The lowest BCUT2D eigenvalue weighted by atomic mass is 9.95. The molecular weight excluding hydrogens is 802 g/mol. The Morgan fingerprint density at radius 3 is 2.58 bits per heavy atom. The quantitative estimate of drug-likeness (QED) is 0.0912. The first kappa shape index (κ1) is 39.5. The summed E-state index contributed by atoms with van der Waals surface area (Å²) in [5.41, 5.74) is -0.598. The molecule has 0 radical (unpaired) electrons. The SMILES string of the molecule is C#Cc1c(F)ccc2cc(O)cc(-c3ncc4c(N5CC6CCC(C5)N6C(=O)OC(C)OC(=O)c5cccc6ccccc56)nc(OC[C@@]56CCCN5C[C@H](F)C6)nc4c3F)c12. The van der Waals surface area contributed by atoms with Gasteiger partial charge in [0, 0.05) is 50.1 Å². The third-order valence-corrected chi connectivity index (χ3v) is 12.9. The largest absolute Gasteiger partial charge is 0.508 e. The van der Waals surface area contributed by atoms with Crippen LogP contribution in [0.4, 0.5) is 23.8 Å². The van der Waals surface area contributed by atoms with Gasteiger partial charge in [0.1, 0.15) is 41.4 Å². The summed E-state index contributed by atoms with van der Waals surface area (Å²) >= 11 is 0. The van der Waals surface area contributed by atoms with Crippen LogP contribution in [0.3, 0.4) is 0 Å². The maximum Gasteiger partial charge on any atom is 0.413 e. The second-order valence-corrected chi connectivity index (χ2v) is 16.6. The van der Waals surface area contributed by atoms with Crippen molar-refractivity contribution in [3.8, 4) is 35.4 Å². The number of carbonyl (C=O) groups excluding carboxylic acids is 2. The summed E-state index contributed by atoms with van der Waals surface area (Å²) in [4.78, 5) is 46.5. The molecule has 4 aromatic carbocycles. The Morgan fingerprint density at radius 1 is 0.984 bits per heavy atom. The number of aromatic hydroxyl groups is 1. The van der Waals surface area contributed by atoms with E-state index in [0.29, 0.717) is 42.6 Å². The third kappa shape index (κ3) is 6.73. The van der Waals surface area contributed by atoms with Crippen LogP contribution in [0.15, 0.2) is 72.9 Å². The van der Waals surface area contributed by atoms with Crippen molar-refractivity contribution in [3.05, 3.63) is 95.7 Å². The Kier molecular flexibility index (Phi) is 9.78. The number of terminal acetylenes is 1. The van der Waals surface area contributed by atoms with Gasteiger partial charge in [0.05, 0.1) is 34.1 Å². The van der Waals surface area contributed by atoms with Gasteiger partial charge in [-0.3, -0.25) is 14.8 Å². The number of alkyl halides is 1. The highest BCUT2D eigenvalue weighted by molar-refractivity contribution is 6.05. The Labute approximate surface area is 354 Å². The van der Waals surface area contributed by atoms with Gasteiger partial charge in [-0.15, -0.1) is 6.42 Å². The van der Waals surface area contributed by atoms with Gasteiger partial charge >= 0.3 is 18.1 Å². The average molecular weight is 843 g/mol. The smallest absolute Gasteiger partial charge is 0.413 e. The van der Waals surface area contributed by atoms with Gasteiger partial charge in [0.25, 0.3) is 0 Å². The molecule has 6 aromatic rings. The van der Waals surface area contributed by atoms with Crippen LogP contribution in [-0.2, 0) is 9.47 Å². The lowest BCUT2D eigenvalue weighted by Crippen LogP contribution is -2.56. The first-order valence-electron chi connectivity index (χ1n) is 20.7. The molecule has 15 heteroatoms. The summed E-state index contributed by atoms with van der Waals surface area (Å²) in [6.07, 6.45) is 7.56. The molecule has 1 amide bonds. The number of rotatable bonds is 8. The number of halogens is 3. The van der Waals surface area contributed by atoms with Crippen molar-refractivity contribution in [2.24, 2.45) is 0 Å². The lowest BCUT2D eigenvalue weighted by Gasteiger charge is -2.41. The molecule has 4 fully saturated rings. The number of amides is 1. The maximum absolute atomic E-state index is 17.2. The van der Waals surface area contributed by atoms with E-state index in [1.54, 1.807) is 17.0 Å². The van der Waals surface area contributed by atoms with Crippen LogP contribution in [0.25, 0.3) is 43.7 Å². The van der Waals surface area contributed by atoms with Crippen molar-refractivity contribution in [1.29, 1.82) is 0 Å². The average Bonchev–Trinajstić information content (AvgIpc) is 3.88. The van der Waals surface area contributed by atoms with Crippen LogP contribution in [0.5, 0.6) is 11.8 Å². The number of ether oxygens (including phenoxy) is 3. The number of hydrogen-bond acceptors (Lipinski definition) is 11. The van der Waals surface area contributed by atoms with Crippen LogP contribution < -0.4 is 9.64 Å². The Hall–Kier alpha value is -6.66. The third-order valence-electron chi connectivity index (χ3n) is 12.9. The summed E-state index contributed by atoms with van der Waals surface area (Å²) in [6.45, 7) is 3.22. The maximum atomic E-state index is 17.2. The van der Waals surface area contributed by atoms with Gasteiger partial charge in [-0.05, 0) is 72.7 Å². The normalized spacial score (nSPS) is 22.5. The number of piperazine rings is 1. The summed E-state index contributed by atoms with van der Waals surface area (Å²) in [5.74, 6) is 0.283. The molecule has 2 aromatic heterocycles. The fourth-order valence-electron chi connectivity index (χ4n) is 10.1. The lowest BCUT2D eigenvalue weighted by molar-refractivity contribution is -0.0728. The highest BCUT2D eigenvalue weighted by Crippen LogP contribution is 2.43. The Morgan fingerprint density at radius 2 is 1.77 bits per heavy atom. The number of anilines is 1. The van der Waals surface area contributed by atoms with Crippen molar-refractivity contribution in [2.45, 2.75) is 69.1 Å². The Bertz CT molecular complexity index is 2840. The fourth-order valence-corrected chi connectivity index (χ4v) is 10.1. The first-order valence-corrected chi connectivity index (χ1v) is 20.7. The number of aromatic nitrogens is 3. The Balaban J connectivity index is 0.960. The van der Waals surface area contributed by atoms with Crippen molar-refractivity contribution < 1.29 is 42.1 Å². The number of carbonyl (C=O) groups is 2. The molecular formula is C47H41F3N6O6. The molecule has 2 bridgehead atoms. The first-order chi connectivity index (χ1) is 30.0. The number of esters is 1. The predicted molar refractivity (Wildman–Crippen MR) is 225 cm³/mol. The molecule has 62 heavy (non-hydrogen) atoms. The zero-order valence-electron chi connectivity index (χ0n) is 33.7. The zero-order valence-corrected chi connectivity index (χ0v) is 33.7. The molecule has 1 N–H and O–H groups in total. The number of hydrogen-bond donors (Lipinski definition) is 1. The number of pyridine rings is 1. The van der Waals surface area contributed by atoms with E-state index >= 15 is 8.78 Å². The minimum absolute atomic E-state index is 0.0668. The van der Waals surface area contributed by atoms with Crippen LogP contribution in [0, 0.1) is 24.0 Å². The van der Waals surface area contributed by atoms with Gasteiger partial charge < -0.3 is 24.2 Å². The molecule has 5 atom stereocenters. The summed E-state index contributed by atoms with van der Waals surface area (Å²) in [6, 6.07) is 17.3. The topological polar surface area (TPSA) is 130 Å². The molecule has 0 aliphatic carbocycles. The van der Waals surface area contributed by atoms with Crippen LogP contribution in [-0.4, -0.2) is 105 Å². The second-order valence-electron chi connectivity index (χ2n) is 16.6. The predicted octanol–water partition coefficient (Wildman–Crippen LogP) is 7.91. The molecule has 12 nitrogen and oxygen atoms in total. The van der Waals surface area contributed by atoms with E-state index in [-0.39, 0.29) is 76.7 Å². The highest BCUT2D eigenvalue weighted by Gasteiger charge is 2.50.